The lowest BCUT2D eigenvalue weighted by atomic mass is 9.84. The number of nitrogens with one attached hydrogen (secondary N) is 1. The fraction of sp³-hybridized carbons (Fsp3) is 0.458. The molecule has 1 aromatic carbocycles. The largest absolute Gasteiger partial charge is 0.339 e. The van der Waals surface area contributed by atoms with Crippen LogP contribution < -0.4 is 5.56 Å². The molecule has 6 nitrogen and oxygen atoms in total. The third-order valence-corrected chi connectivity index (χ3v) is 6.74. The molecule has 0 radical (unpaired) electrons. The summed E-state index contributed by atoms with van der Waals surface area (Å²) < 4.78 is 1.28. The molecule has 6 heteroatoms. The average molecular weight is 405 g/mol. The number of carbonyl (C=O) groups is 1. The van der Waals surface area contributed by atoms with E-state index in [0.717, 1.165) is 25.1 Å². The smallest absolute Gasteiger partial charge is 0.274 e. The molecule has 1 N–H and O–H groups in total. The van der Waals surface area contributed by atoms with Gasteiger partial charge in [0.15, 0.2) is 5.65 Å². The van der Waals surface area contributed by atoms with Crippen molar-refractivity contribution in [1.82, 2.24) is 19.5 Å². The van der Waals surface area contributed by atoms with Crippen LogP contribution in [-0.2, 0) is 0 Å². The molecule has 3 heterocycles. The minimum atomic E-state index is -0.232. The van der Waals surface area contributed by atoms with E-state index in [1.807, 2.05) is 4.90 Å². The van der Waals surface area contributed by atoms with Gasteiger partial charge in [-0.3, -0.25) is 9.59 Å². The number of aromatic nitrogens is 3. The summed E-state index contributed by atoms with van der Waals surface area (Å²) in [6, 6.07) is 10.1. The van der Waals surface area contributed by atoms with Crippen molar-refractivity contribution in [2.24, 2.45) is 5.92 Å². The Hall–Kier alpha value is -2.89. The predicted molar refractivity (Wildman–Crippen MR) is 117 cm³/mol. The number of amides is 1. The van der Waals surface area contributed by atoms with Crippen LogP contribution in [0.2, 0.25) is 0 Å². The van der Waals surface area contributed by atoms with Gasteiger partial charge < -0.3 is 9.88 Å². The van der Waals surface area contributed by atoms with Crippen molar-refractivity contribution in [3.05, 3.63) is 58.0 Å². The molecule has 0 unspecified atom stereocenters. The third kappa shape index (κ3) is 3.44. The minimum Gasteiger partial charge on any atom is -0.339 e. The molecule has 2 aromatic heterocycles. The van der Waals surface area contributed by atoms with Gasteiger partial charge in [0.2, 0.25) is 0 Å². The zero-order valence-electron chi connectivity index (χ0n) is 17.4. The van der Waals surface area contributed by atoms with Crippen molar-refractivity contribution in [2.45, 2.75) is 51.4 Å². The first-order valence-electron chi connectivity index (χ1n) is 11.1. The molecule has 1 aliphatic heterocycles. The van der Waals surface area contributed by atoms with E-state index in [-0.39, 0.29) is 11.5 Å². The maximum atomic E-state index is 13.0. The van der Waals surface area contributed by atoms with Crippen molar-refractivity contribution in [2.75, 3.05) is 13.1 Å². The van der Waals surface area contributed by atoms with E-state index in [1.165, 1.54) is 48.4 Å². The van der Waals surface area contributed by atoms with Gasteiger partial charge in [-0.15, -0.1) is 0 Å². The Labute approximate surface area is 175 Å². The van der Waals surface area contributed by atoms with Crippen molar-refractivity contribution >= 4 is 11.6 Å². The highest BCUT2D eigenvalue weighted by molar-refractivity contribution is 6.00. The molecule has 3 aromatic rings. The fourth-order valence-electron chi connectivity index (χ4n) is 4.96. The van der Waals surface area contributed by atoms with E-state index in [0.29, 0.717) is 28.7 Å². The van der Waals surface area contributed by atoms with Gasteiger partial charge in [-0.05, 0) is 42.2 Å². The molecule has 0 bridgehead atoms. The Morgan fingerprint density at radius 3 is 2.57 bits per heavy atom. The number of fused-ring (bicyclic) bond motifs is 1. The first-order valence-corrected chi connectivity index (χ1v) is 11.1. The lowest BCUT2D eigenvalue weighted by Gasteiger charge is -2.22. The third-order valence-electron chi connectivity index (χ3n) is 6.74. The van der Waals surface area contributed by atoms with Crippen LogP contribution >= 0.6 is 0 Å². The summed E-state index contributed by atoms with van der Waals surface area (Å²) in [5.41, 5.74) is 3.74. The summed E-state index contributed by atoms with van der Waals surface area (Å²) in [7, 11) is 0. The zero-order valence-corrected chi connectivity index (χ0v) is 17.4. The molecule has 1 amide bonds. The van der Waals surface area contributed by atoms with Crippen LogP contribution in [-0.4, -0.2) is 38.5 Å². The number of carbonyl (C=O) groups excluding carboxylic acids is 1. The fourth-order valence-corrected chi connectivity index (χ4v) is 4.96. The summed E-state index contributed by atoms with van der Waals surface area (Å²) in [5.74, 6) is 1.10. The van der Waals surface area contributed by atoms with Crippen LogP contribution in [0.1, 0.15) is 67.3 Å². The summed E-state index contributed by atoms with van der Waals surface area (Å²) in [4.78, 5) is 30.8. The number of aromatic amines is 1. The number of nitrogens with zero attached hydrogens (tertiary/aromatic N) is 3. The van der Waals surface area contributed by atoms with Crippen LogP contribution in [0, 0.1) is 5.92 Å². The van der Waals surface area contributed by atoms with Gasteiger partial charge in [0.1, 0.15) is 5.56 Å². The number of hydrogen-bond donors (Lipinski definition) is 1. The first kappa shape index (κ1) is 19.1. The highest BCUT2D eigenvalue weighted by Gasteiger charge is 2.27. The lowest BCUT2D eigenvalue weighted by molar-refractivity contribution is 0.0790. The molecule has 0 spiro atoms. The van der Waals surface area contributed by atoms with Gasteiger partial charge in [0, 0.05) is 19.2 Å². The molecule has 1 atom stereocenters. The van der Waals surface area contributed by atoms with Gasteiger partial charge in [-0.2, -0.15) is 9.61 Å². The maximum absolute atomic E-state index is 13.0. The van der Waals surface area contributed by atoms with Crippen molar-refractivity contribution < 1.29 is 4.79 Å². The van der Waals surface area contributed by atoms with Gasteiger partial charge in [0.05, 0.1) is 11.9 Å². The molecule has 30 heavy (non-hydrogen) atoms. The predicted octanol–water partition coefficient (Wildman–Crippen LogP) is 4.22. The molecular weight excluding hydrogens is 376 g/mol. The number of likely N-dealkylation sites (tertiary alicyclic amines) is 1. The number of H-pyrrole nitrogens is 1. The Morgan fingerprint density at radius 2 is 1.87 bits per heavy atom. The van der Waals surface area contributed by atoms with E-state index >= 15 is 0 Å². The quantitative estimate of drug-likeness (QED) is 0.711. The number of rotatable bonds is 3. The molecule has 2 aliphatic rings. The van der Waals surface area contributed by atoms with Crippen LogP contribution in [0.5, 0.6) is 0 Å². The SMILES string of the molecule is C[C@@H]1CCN(C(=O)c2cnn3c(=O)cc(-c4ccc(C5CCCCC5)cc4)[nH]c23)C1. The van der Waals surface area contributed by atoms with Gasteiger partial charge in [0.25, 0.3) is 11.5 Å². The summed E-state index contributed by atoms with van der Waals surface area (Å²) >= 11 is 0. The van der Waals surface area contributed by atoms with E-state index in [2.05, 4.69) is 41.3 Å². The molecule has 1 aliphatic carbocycles. The second-order valence-electron chi connectivity index (χ2n) is 8.94. The zero-order chi connectivity index (χ0) is 20.7. The topological polar surface area (TPSA) is 70.5 Å². The normalized spacial score (nSPS) is 20.2. The number of hydrogen-bond acceptors (Lipinski definition) is 3. The first-order chi connectivity index (χ1) is 14.6. The van der Waals surface area contributed by atoms with Crippen LogP contribution in [0.3, 0.4) is 0 Å². The molecule has 5 rings (SSSR count). The maximum Gasteiger partial charge on any atom is 0.274 e. The summed E-state index contributed by atoms with van der Waals surface area (Å²) in [6.07, 6.45) is 9.01. The molecule has 2 fully saturated rings. The molecular formula is C24H28N4O2. The Kier molecular flexibility index (Phi) is 4.93. The van der Waals surface area contributed by atoms with Gasteiger partial charge >= 0.3 is 0 Å². The molecule has 156 valence electrons. The standard InChI is InChI=1S/C24H28N4O2/c1-16-11-12-27(15-16)24(30)20-14-25-28-22(29)13-21(26-23(20)28)19-9-7-18(8-10-19)17-5-3-2-4-6-17/h7-10,13-14,16-17,26H,2-6,11-12,15H2,1H3/t16-/m1/s1. The van der Waals surface area contributed by atoms with Gasteiger partial charge in [-0.1, -0.05) is 50.5 Å². The van der Waals surface area contributed by atoms with E-state index in [4.69, 9.17) is 0 Å². The Morgan fingerprint density at radius 1 is 1.10 bits per heavy atom. The number of benzene rings is 1. The second kappa shape index (κ2) is 7.74. The van der Waals surface area contributed by atoms with Crippen molar-refractivity contribution in [1.29, 1.82) is 0 Å². The van der Waals surface area contributed by atoms with E-state index < -0.39 is 0 Å². The van der Waals surface area contributed by atoms with Crippen molar-refractivity contribution in [3.63, 3.8) is 0 Å². The Balaban J connectivity index is 1.48. The second-order valence-corrected chi connectivity index (χ2v) is 8.94. The van der Waals surface area contributed by atoms with E-state index in [1.54, 1.807) is 6.07 Å². The lowest BCUT2D eigenvalue weighted by Crippen LogP contribution is -2.28. The van der Waals surface area contributed by atoms with Crippen LogP contribution in [0.4, 0.5) is 0 Å². The molecule has 1 saturated heterocycles. The van der Waals surface area contributed by atoms with Crippen LogP contribution in [0.15, 0.2) is 41.3 Å². The van der Waals surface area contributed by atoms with Crippen LogP contribution in [0.25, 0.3) is 16.9 Å². The molecule has 1 saturated carbocycles. The highest BCUT2D eigenvalue weighted by atomic mass is 16.2. The summed E-state index contributed by atoms with van der Waals surface area (Å²) in [5, 5.41) is 4.17. The highest BCUT2D eigenvalue weighted by Crippen LogP contribution is 2.33. The monoisotopic (exact) mass is 404 g/mol. The van der Waals surface area contributed by atoms with E-state index in [9.17, 15) is 9.59 Å². The van der Waals surface area contributed by atoms with Gasteiger partial charge in [-0.25, -0.2) is 0 Å². The summed E-state index contributed by atoms with van der Waals surface area (Å²) in [6.45, 7) is 3.66. The average Bonchev–Trinajstić information content (AvgIpc) is 3.41. The minimum absolute atomic E-state index is 0.0604. The van der Waals surface area contributed by atoms with Crippen molar-refractivity contribution in [3.8, 4) is 11.3 Å². The Bertz CT molecular complexity index is 1120.